The Morgan fingerprint density at radius 2 is 1.89 bits per heavy atom. The molecule has 0 amide bonds. The van der Waals surface area contributed by atoms with E-state index in [9.17, 15) is 27.9 Å². The highest BCUT2D eigenvalue weighted by molar-refractivity contribution is 8.00. The summed E-state index contributed by atoms with van der Waals surface area (Å²) in [5.74, 6) is -0.0783. The zero-order chi connectivity index (χ0) is 26.0. The lowest BCUT2D eigenvalue weighted by Crippen LogP contribution is -2.41. The molecule has 0 aliphatic carbocycles. The molecule has 1 atom stereocenters. The Labute approximate surface area is 212 Å². The van der Waals surface area contributed by atoms with Gasteiger partial charge in [-0.25, -0.2) is 4.79 Å². The molecule has 13 heteroatoms. The van der Waals surface area contributed by atoms with Gasteiger partial charge in [-0.2, -0.15) is 0 Å². The maximum absolute atomic E-state index is 13.4. The lowest BCUT2D eigenvalue weighted by Gasteiger charge is -2.26. The van der Waals surface area contributed by atoms with Crippen molar-refractivity contribution >= 4 is 34.9 Å². The summed E-state index contributed by atoms with van der Waals surface area (Å²) in [6, 6.07) is 12.5. The van der Waals surface area contributed by atoms with Crippen LogP contribution in [-0.2, 0) is 20.1 Å². The number of aromatic nitrogens is 2. The largest absolute Gasteiger partial charge is 0.573 e. The third-order valence-corrected chi connectivity index (χ3v) is 6.82. The molecule has 1 aliphatic heterocycles. The minimum Gasteiger partial charge on any atom is -0.406 e. The van der Waals surface area contributed by atoms with Crippen molar-refractivity contribution in [3.8, 4) is 5.75 Å². The first-order valence-electron chi connectivity index (χ1n) is 10.8. The summed E-state index contributed by atoms with van der Waals surface area (Å²) < 4.78 is 44.5. The normalized spacial score (nSPS) is 15.1. The van der Waals surface area contributed by atoms with Crippen molar-refractivity contribution in [3.63, 3.8) is 0 Å². The Bertz CT molecular complexity index is 1360. The van der Waals surface area contributed by atoms with Gasteiger partial charge in [-0.15, -0.1) is 13.2 Å². The molecule has 2 aromatic carbocycles. The summed E-state index contributed by atoms with van der Waals surface area (Å²) in [4.78, 5) is 28.5. The smallest absolute Gasteiger partial charge is 0.406 e. The fraction of sp³-hybridized carbons (Fsp3) is 0.304. The predicted octanol–water partition coefficient (Wildman–Crippen LogP) is 3.99. The molecule has 0 fully saturated rings. The van der Waals surface area contributed by atoms with Crippen LogP contribution in [0.1, 0.15) is 12.0 Å². The van der Waals surface area contributed by atoms with Crippen molar-refractivity contribution < 1.29 is 23.0 Å². The van der Waals surface area contributed by atoms with Crippen LogP contribution in [0.15, 0.2) is 63.0 Å². The third kappa shape index (κ3) is 5.66. The molecule has 0 saturated heterocycles. The Hall–Kier alpha value is -3.09. The van der Waals surface area contributed by atoms with Gasteiger partial charge in [0, 0.05) is 36.7 Å². The molecular weight excluding hydrogens is 521 g/mol. The lowest BCUT2D eigenvalue weighted by atomic mass is 10.2. The standard InChI is InChI=1S/C23H22ClF3N4O4S/c1-29-19-18(20(33)30(22(29)34)10-3-11-32)31(13-14-6-8-15(24)9-7-14)21(28-19)36-17-5-2-4-16(12-17)35-23(25,26)27/h2,4-9,12,21,28,32H,3,10-11,13H2,1H3. The number of fused-ring (bicyclic) bond motifs is 1. The molecule has 0 spiro atoms. The van der Waals surface area contributed by atoms with E-state index in [1.165, 1.54) is 29.8 Å². The quantitative estimate of drug-likeness (QED) is 0.445. The molecule has 192 valence electrons. The number of alkyl halides is 3. The average Bonchev–Trinajstić information content (AvgIpc) is 3.16. The SMILES string of the molecule is Cn1c2c(c(=O)n(CCCO)c1=O)N(Cc1ccc(Cl)cc1)C(Sc1cccc(OC(F)(F)F)c1)N2. The van der Waals surface area contributed by atoms with E-state index < -0.39 is 23.1 Å². The van der Waals surface area contributed by atoms with Gasteiger partial charge in [-0.05, 0) is 42.3 Å². The van der Waals surface area contributed by atoms with Crippen molar-refractivity contribution in [3.05, 3.63) is 80.0 Å². The van der Waals surface area contributed by atoms with E-state index in [4.69, 9.17) is 11.6 Å². The Morgan fingerprint density at radius 1 is 1.17 bits per heavy atom. The van der Waals surface area contributed by atoms with Crippen molar-refractivity contribution in [2.24, 2.45) is 7.05 Å². The van der Waals surface area contributed by atoms with Gasteiger partial charge >= 0.3 is 12.1 Å². The van der Waals surface area contributed by atoms with Crippen LogP contribution in [0.3, 0.4) is 0 Å². The third-order valence-electron chi connectivity index (χ3n) is 5.45. The van der Waals surface area contributed by atoms with Crippen LogP contribution in [0.5, 0.6) is 5.75 Å². The highest BCUT2D eigenvalue weighted by Crippen LogP contribution is 2.39. The van der Waals surface area contributed by atoms with Crippen molar-refractivity contribution in [1.29, 1.82) is 0 Å². The summed E-state index contributed by atoms with van der Waals surface area (Å²) in [7, 11) is 1.52. The monoisotopic (exact) mass is 542 g/mol. The van der Waals surface area contributed by atoms with Crippen molar-refractivity contribution in [1.82, 2.24) is 9.13 Å². The molecule has 2 N–H and O–H groups in total. The zero-order valence-corrected chi connectivity index (χ0v) is 20.5. The summed E-state index contributed by atoms with van der Waals surface area (Å²) in [6.07, 6.45) is -4.60. The summed E-state index contributed by atoms with van der Waals surface area (Å²) in [5.41, 5.74) is -0.643. The van der Waals surface area contributed by atoms with Crippen LogP contribution >= 0.6 is 23.4 Å². The van der Waals surface area contributed by atoms with E-state index in [0.29, 0.717) is 15.7 Å². The maximum Gasteiger partial charge on any atom is 0.573 e. The molecule has 2 heterocycles. The first kappa shape index (κ1) is 26.0. The predicted molar refractivity (Wildman–Crippen MR) is 132 cm³/mol. The molecule has 1 unspecified atom stereocenters. The molecule has 0 radical (unpaired) electrons. The van der Waals surface area contributed by atoms with Gasteiger partial charge in [-0.1, -0.05) is 41.6 Å². The lowest BCUT2D eigenvalue weighted by molar-refractivity contribution is -0.274. The van der Waals surface area contributed by atoms with Crippen LogP contribution in [0.2, 0.25) is 5.02 Å². The van der Waals surface area contributed by atoms with Crippen LogP contribution in [0.25, 0.3) is 0 Å². The van der Waals surface area contributed by atoms with Crippen LogP contribution in [0.4, 0.5) is 24.7 Å². The highest BCUT2D eigenvalue weighted by atomic mass is 35.5. The molecule has 4 rings (SSSR count). The van der Waals surface area contributed by atoms with E-state index in [0.717, 1.165) is 21.9 Å². The first-order chi connectivity index (χ1) is 17.1. The number of halogens is 4. The molecule has 0 bridgehead atoms. The van der Waals surface area contributed by atoms with Crippen LogP contribution in [-0.4, -0.2) is 32.7 Å². The van der Waals surface area contributed by atoms with E-state index in [1.54, 1.807) is 35.2 Å². The molecule has 0 saturated carbocycles. The number of aliphatic hydroxyl groups is 1. The molecule has 3 aromatic rings. The topological polar surface area (TPSA) is 88.7 Å². The number of anilines is 2. The van der Waals surface area contributed by atoms with Crippen molar-refractivity contribution in [2.75, 3.05) is 16.8 Å². The Morgan fingerprint density at radius 3 is 2.56 bits per heavy atom. The van der Waals surface area contributed by atoms with Crippen molar-refractivity contribution in [2.45, 2.75) is 36.3 Å². The van der Waals surface area contributed by atoms with Gasteiger partial charge in [0.1, 0.15) is 17.3 Å². The van der Waals surface area contributed by atoms with Gasteiger partial charge in [0.15, 0.2) is 5.50 Å². The number of nitrogens with one attached hydrogen (secondary N) is 1. The van der Waals surface area contributed by atoms with Gasteiger partial charge in [0.25, 0.3) is 5.56 Å². The van der Waals surface area contributed by atoms with Crippen LogP contribution < -0.4 is 26.2 Å². The second-order valence-corrected chi connectivity index (χ2v) is 9.55. The van der Waals surface area contributed by atoms with Crippen LogP contribution in [0, 0.1) is 0 Å². The number of hydrogen-bond donors (Lipinski definition) is 2. The minimum atomic E-state index is -4.83. The Balaban J connectivity index is 1.74. The number of aliphatic hydroxyl groups excluding tert-OH is 1. The zero-order valence-electron chi connectivity index (χ0n) is 19.0. The number of nitrogens with zero attached hydrogens (tertiary/aromatic N) is 3. The van der Waals surface area contributed by atoms with Gasteiger partial charge in [0.05, 0.1) is 0 Å². The molecule has 1 aromatic heterocycles. The Kier molecular flexibility index (Phi) is 7.57. The fourth-order valence-electron chi connectivity index (χ4n) is 3.83. The summed E-state index contributed by atoms with van der Waals surface area (Å²) in [5, 5.41) is 12.9. The summed E-state index contributed by atoms with van der Waals surface area (Å²) in [6.45, 7) is 0.105. The minimum absolute atomic E-state index is 0.0404. The number of hydrogen-bond acceptors (Lipinski definition) is 7. The highest BCUT2D eigenvalue weighted by Gasteiger charge is 2.36. The number of benzene rings is 2. The second-order valence-electron chi connectivity index (χ2n) is 7.96. The van der Waals surface area contributed by atoms with E-state index >= 15 is 0 Å². The van der Waals surface area contributed by atoms with E-state index in [2.05, 4.69) is 10.1 Å². The maximum atomic E-state index is 13.4. The molecular formula is C23H22ClF3N4O4S. The average molecular weight is 543 g/mol. The molecule has 36 heavy (non-hydrogen) atoms. The summed E-state index contributed by atoms with van der Waals surface area (Å²) >= 11 is 7.17. The number of ether oxygens (including phenoxy) is 1. The van der Waals surface area contributed by atoms with Gasteiger partial charge in [-0.3, -0.25) is 13.9 Å². The fourth-order valence-corrected chi connectivity index (χ4v) is 5.03. The van der Waals surface area contributed by atoms with E-state index in [-0.39, 0.29) is 37.6 Å². The van der Waals surface area contributed by atoms with Gasteiger partial charge < -0.3 is 20.1 Å². The number of rotatable bonds is 8. The second kappa shape index (κ2) is 10.5. The number of thioether (sulfide) groups is 1. The molecule has 8 nitrogen and oxygen atoms in total. The van der Waals surface area contributed by atoms with E-state index in [1.807, 2.05) is 0 Å². The van der Waals surface area contributed by atoms with Gasteiger partial charge in [0.2, 0.25) is 0 Å². The first-order valence-corrected chi connectivity index (χ1v) is 12.1. The molecule has 1 aliphatic rings.